The number of nitrogens with zero attached hydrogens (tertiary/aromatic N) is 1. The molecule has 15 heavy (non-hydrogen) atoms. The first kappa shape index (κ1) is 10.4. The number of hydrogen-bond acceptors (Lipinski definition) is 3. The van der Waals surface area contributed by atoms with Crippen molar-refractivity contribution in [2.75, 3.05) is 6.61 Å². The second kappa shape index (κ2) is 5.12. The number of pyridine rings is 1. The Kier molecular flexibility index (Phi) is 3.56. The molecule has 3 nitrogen and oxygen atoms in total. The molecule has 0 bridgehead atoms. The van der Waals surface area contributed by atoms with Crippen LogP contribution in [0.3, 0.4) is 0 Å². The third kappa shape index (κ3) is 2.93. The van der Waals surface area contributed by atoms with Crippen molar-refractivity contribution in [3.63, 3.8) is 0 Å². The highest BCUT2D eigenvalue weighted by molar-refractivity contribution is 5.15. The van der Waals surface area contributed by atoms with E-state index in [0.717, 1.165) is 18.9 Å². The van der Waals surface area contributed by atoms with E-state index in [1.807, 2.05) is 12.1 Å². The van der Waals surface area contributed by atoms with Crippen molar-refractivity contribution < 1.29 is 9.84 Å². The third-order valence-electron chi connectivity index (χ3n) is 2.94. The van der Waals surface area contributed by atoms with Gasteiger partial charge in [0.25, 0.3) is 0 Å². The van der Waals surface area contributed by atoms with E-state index >= 15 is 0 Å². The molecule has 0 aromatic carbocycles. The lowest BCUT2D eigenvalue weighted by Crippen LogP contribution is -2.14. The van der Waals surface area contributed by atoms with Crippen molar-refractivity contribution in [1.29, 1.82) is 0 Å². The zero-order valence-electron chi connectivity index (χ0n) is 8.85. The quantitative estimate of drug-likeness (QED) is 0.804. The fourth-order valence-electron chi connectivity index (χ4n) is 1.74. The molecular weight excluding hydrogens is 190 g/mol. The van der Waals surface area contributed by atoms with Gasteiger partial charge in [0.05, 0.1) is 18.9 Å². The molecule has 1 aliphatic carbocycles. The molecule has 82 valence electrons. The molecule has 0 radical (unpaired) electrons. The first-order valence-electron chi connectivity index (χ1n) is 5.58. The van der Waals surface area contributed by atoms with E-state index in [4.69, 9.17) is 9.84 Å². The Balaban J connectivity index is 1.76. The van der Waals surface area contributed by atoms with Gasteiger partial charge < -0.3 is 9.84 Å². The van der Waals surface area contributed by atoms with Gasteiger partial charge in [0, 0.05) is 6.07 Å². The number of ether oxygens (including phenoxy) is 1. The zero-order chi connectivity index (χ0) is 10.5. The Morgan fingerprint density at radius 3 is 2.93 bits per heavy atom. The minimum atomic E-state index is -0.0280. The fraction of sp³-hybridized carbons (Fsp3) is 0.583. The summed E-state index contributed by atoms with van der Waals surface area (Å²) in [4.78, 5) is 4.16. The summed E-state index contributed by atoms with van der Waals surface area (Å²) in [6.45, 7) is 0.715. The van der Waals surface area contributed by atoms with E-state index in [0.29, 0.717) is 11.6 Å². The summed E-state index contributed by atoms with van der Waals surface area (Å²) >= 11 is 0. The number of hydrogen-bond donors (Lipinski definition) is 1. The SMILES string of the molecule is OCc1cccc(OCCC2CCC2)n1. The lowest BCUT2D eigenvalue weighted by Gasteiger charge is -2.24. The smallest absolute Gasteiger partial charge is 0.213 e. The second-order valence-electron chi connectivity index (χ2n) is 4.06. The molecule has 1 aromatic heterocycles. The van der Waals surface area contributed by atoms with Crippen LogP contribution in [0, 0.1) is 5.92 Å². The maximum Gasteiger partial charge on any atom is 0.213 e. The van der Waals surface area contributed by atoms with Crippen molar-refractivity contribution in [3.8, 4) is 5.88 Å². The predicted molar refractivity (Wildman–Crippen MR) is 57.6 cm³/mol. The Labute approximate surface area is 90.1 Å². The highest BCUT2D eigenvalue weighted by Gasteiger charge is 2.16. The van der Waals surface area contributed by atoms with E-state index in [9.17, 15) is 0 Å². The summed E-state index contributed by atoms with van der Waals surface area (Å²) in [5, 5.41) is 8.90. The maximum absolute atomic E-state index is 8.90. The third-order valence-corrected chi connectivity index (χ3v) is 2.94. The van der Waals surface area contributed by atoms with Gasteiger partial charge in [0.15, 0.2) is 0 Å². The molecule has 0 aliphatic heterocycles. The summed E-state index contributed by atoms with van der Waals surface area (Å²) in [5.41, 5.74) is 0.663. The van der Waals surface area contributed by atoms with Crippen molar-refractivity contribution in [2.24, 2.45) is 5.92 Å². The average Bonchev–Trinajstić information content (AvgIpc) is 2.22. The van der Waals surface area contributed by atoms with Crippen LogP contribution >= 0.6 is 0 Å². The molecule has 0 saturated heterocycles. The normalized spacial score (nSPS) is 16.1. The summed E-state index contributed by atoms with van der Waals surface area (Å²) in [7, 11) is 0. The van der Waals surface area contributed by atoms with Crippen LogP contribution in [0.15, 0.2) is 18.2 Å². The van der Waals surface area contributed by atoms with Gasteiger partial charge in [-0.15, -0.1) is 0 Å². The molecular formula is C12H17NO2. The second-order valence-corrected chi connectivity index (χ2v) is 4.06. The van der Waals surface area contributed by atoms with Crippen molar-refractivity contribution in [2.45, 2.75) is 32.3 Å². The Hall–Kier alpha value is -1.09. The molecule has 1 heterocycles. The van der Waals surface area contributed by atoms with E-state index < -0.39 is 0 Å². The lowest BCUT2D eigenvalue weighted by molar-refractivity contribution is 0.215. The molecule has 1 fully saturated rings. The van der Waals surface area contributed by atoms with E-state index in [1.54, 1.807) is 6.07 Å². The molecule has 1 saturated carbocycles. The molecule has 1 N–H and O–H groups in total. The summed E-state index contributed by atoms with van der Waals surface area (Å²) in [6, 6.07) is 5.48. The maximum atomic E-state index is 8.90. The Morgan fingerprint density at radius 2 is 2.27 bits per heavy atom. The van der Waals surface area contributed by atoms with Gasteiger partial charge in [-0.25, -0.2) is 4.98 Å². The summed E-state index contributed by atoms with van der Waals surface area (Å²) in [6.07, 6.45) is 5.22. The van der Waals surface area contributed by atoms with Gasteiger partial charge in [-0.3, -0.25) is 0 Å². The molecule has 1 aromatic rings. The first-order valence-corrected chi connectivity index (χ1v) is 5.58. The van der Waals surface area contributed by atoms with Crippen LogP contribution in [-0.4, -0.2) is 16.7 Å². The number of aromatic nitrogens is 1. The van der Waals surface area contributed by atoms with Crippen LogP contribution in [-0.2, 0) is 6.61 Å². The minimum absolute atomic E-state index is 0.0280. The molecule has 1 aliphatic rings. The van der Waals surface area contributed by atoms with Gasteiger partial charge in [-0.2, -0.15) is 0 Å². The van der Waals surface area contributed by atoms with Crippen LogP contribution in [0.2, 0.25) is 0 Å². The van der Waals surface area contributed by atoms with Gasteiger partial charge >= 0.3 is 0 Å². The predicted octanol–water partition coefficient (Wildman–Crippen LogP) is 2.14. The van der Waals surface area contributed by atoms with Gasteiger partial charge in [-0.1, -0.05) is 25.3 Å². The minimum Gasteiger partial charge on any atom is -0.478 e. The Bertz CT molecular complexity index is 310. The van der Waals surface area contributed by atoms with E-state index in [1.165, 1.54) is 19.3 Å². The van der Waals surface area contributed by atoms with Gasteiger partial charge in [0.1, 0.15) is 0 Å². The first-order chi connectivity index (χ1) is 7.38. The molecule has 2 rings (SSSR count). The molecule has 0 atom stereocenters. The fourth-order valence-corrected chi connectivity index (χ4v) is 1.74. The van der Waals surface area contributed by atoms with E-state index in [2.05, 4.69) is 4.98 Å². The van der Waals surface area contributed by atoms with Crippen LogP contribution in [0.1, 0.15) is 31.4 Å². The van der Waals surface area contributed by atoms with Crippen molar-refractivity contribution in [1.82, 2.24) is 4.98 Å². The van der Waals surface area contributed by atoms with Crippen LogP contribution < -0.4 is 4.74 Å². The highest BCUT2D eigenvalue weighted by Crippen LogP contribution is 2.29. The van der Waals surface area contributed by atoms with Gasteiger partial charge in [-0.05, 0) is 18.4 Å². The molecule has 0 unspecified atom stereocenters. The lowest BCUT2D eigenvalue weighted by atomic mass is 9.83. The van der Waals surface area contributed by atoms with Crippen LogP contribution in [0.5, 0.6) is 5.88 Å². The summed E-state index contributed by atoms with van der Waals surface area (Å²) in [5.74, 6) is 1.49. The monoisotopic (exact) mass is 207 g/mol. The number of aliphatic hydroxyl groups excluding tert-OH is 1. The number of rotatable bonds is 5. The topological polar surface area (TPSA) is 42.4 Å². The van der Waals surface area contributed by atoms with Crippen LogP contribution in [0.25, 0.3) is 0 Å². The zero-order valence-corrected chi connectivity index (χ0v) is 8.85. The Morgan fingerprint density at radius 1 is 1.40 bits per heavy atom. The number of aliphatic hydroxyl groups is 1. The standard InChI is InChI=1S/C12H17NO2/c14-9-11-5-2-6-12(13-11)15-8-7-10-3-1-4-10/h2,5-6,10,14H,1,3-4,7-9H2. The van der Waals surface area contributed by atoms with Crippen molar-refractivity contribution in [3.05, 3.63) is 23.9 Å². The average molecular weight is 207 g/mol. The molecule has 0 spiro atoms. The largest absolute Gasteiger partial charge is 0.478 e. The summed E-state index contributed by atoms with van der Waals surface area (Å²) < 4.78 is 5.53. The van der Waals surface area contributed by atoms with Crippen LogP contribution in [0.4, 0.5) is 0 Å². The van der Waals surface area contributed by atoms with Gasteiger partial charge in [0.2, 0.25) is 5.88 Å². The highest BCUT2D eigenvalue weighted by atomic mass is 16.5. The van der Waals surface area contributed by atoms with E-state index in [-0.39, 0.29) is 6.61 Å². The van der Waals surface area contributed by atoms with Crippen molar-refractivity contribution >= 4 is 0 Å². The molecule has 0 amide bonds. The molecule has 3 heteroatoms.